The van der Waals surface area contributed by atoms with Crippen LogP contribution >= 0.6 is 11.6 Å². The van der Waals surface area contributed by atoms with Crippen LogP contribution in [-0.2, 0) is 17.6 Å². The lowest BCUT2D eigenvalue weighted by atomic mass is 9.87. The lowest BCUT2D eigenvalue weighted by molar-refractivity contribution is -0.139. The van der Waals surface area contributed by atoms with E-state index < -0.39 is 12.0 Å². The molecule has 0 bridgehead atoms. The molecule has 0 saturated carbocycles. The molecule has 0 aromatic heterocycles. The monoisotopic (exact) mass is 281 g/mol. The van der Waals surface area contributed by atoms with Gasteiger partial charge in [-0.1, -0.05) is 37.1 Å². The fourth-order valence-corrected chi connectivity index (χ4v) is 3.01. The molecule has 0 amide bonds. The summed E-state index contributed by atoms with van der Waals surface area (Å²) in [5.74, 6) is -0.758. The average Bonchev–Trinajstić information content (AvgIpc) is 2.39. The first kappa shape index (κ1) is 14.4. The molecule has 2 rings (SSSR count). The van der Waals surface area contributed by atoms with Crippen molar-refractivity contribution in [2.24, 2.45) is 0 Å². The van der Waals surface area contributed by atoms with E-state index in [2.05, 4.69) is 11.4 Å². The van der Waals surface area contributed by atoms with Crippen LogP contribution in [0.2, 0.25) is 5.02 Å². The van der Waals surface area contributed by atoms with E-state index in [1.807, 2.05) is 19.1 Å². The van der Waals surface area contributed by atoms with Gasteiger partial charge in [0.15, 0.2) is 0 Å². The van der Waals surface area contributed by atoms with Gasteiger partial charge in [0, 0.05) is 11.1 Å². The van der Waals surface area contributed by atoms with E-state index in [1.165, 1.54) is 11.1 Å². The maximum absolute atomic E-state index is 11.2. The van der Waals surface area contributed by atoms with E-state index in [-0.39, 0.29) is 6.04 Å². The molecule has 1 unspecified atom stereocenters. The van der Waals surface area contributed by atoms with Gasteiger partial charge in [0.25, 0.3) is 0 Å². The molecule has 4 heteroatoms. The zero-order valence-electron chi connectivity index (χ0n) is 11.2. The van der Waals surface area contributed by atoms with E-state index in [9.17, 15) is 9.90 Å². The molecule has 1 aliphatic rings. The highest BCUT2D eigenvalue weighted by molar-refractivity contribution is 6.31. The summed E-state index contributed by atoms with van der Waals surface area (Å²) in [4.78, 5) is 11.2. The van der Waals surface area contributed by atoms with Crippen LogP contribution in [0, 0.1) is 0 Å². The standard InChI is InChI=1S/C15H20ClNO2/c1-2-4-14(15(18)19)17-11-8-7-10-5-3-6-13(16)12(10)9-11/h3,5-6,11,14,17H,2,4,7-9H2,1H3,(H,18,19)/t11-,14?/m0/s1. The van der Waals surface area contributed by atoms with Crippen molar-refractivity contribution in [2.45, 2.75) is 51.1 Å². The van der Waals surface area contributed by atoms with Gasteiger partial charge in [-0.05, 0) is 42.9 Å². The van der Waals surface area contributed by atoms with Crippen LogP contribution in [0.25, 0.3) is 0 Å². The Morgan fingerprint density at radius 3 is 3.05 bits per heavy atom. The summed E-state index contributed by atoms with van der Waals surface area (Å²) >= 11 is 6.22. The third-order valence-electron chi connectivity index (χ3n) is 3.74. The number of nitrogens with one attached hydrogen (secondary N) is 1. The number of benzene rings is 1. The van der Waals surface area contributed by atoms with Crippen molar-refractivity contribution in [3.8, 4) is 0 Å². The van der Waals surface area contributed by atoms with Gasteiger partial charge >= 0.3 is 5.97 Å². The average molecular weight is 282 g/mol. The smallest absolute Gasteiger partial charge is 0.320 e. The zero-order valence-corrected chi connectivity index (χ0v) is 11.9. The second-order valence-electron chi connectivity index (χ2n) is 5.16. The normalized spacial score (nSPS) is 19.8. The van der Waals surface area contributed by atoms with Crippen LogP contribution in [0.5, 0.6) is 0 Å². The van der Waals surface area contributed by atoms with E-state index in [0.29, 0.717) is 6.42 Å². The number of hydrogen-bond acceptors (Lipinski definition) is 2. The topological polar surface area (TPSA) is 49.3 Å². The SMILES string of the molecule is CCCC(N[C@H]1CCc2cccc(Cl)c2C1)C(=O)O. The molecule has 0 heterocycles. The molecule has 2 N–H and O–H groups in total. The number of carbonyl (C=O) groups is 1. The highest BCUT2D eigenvalue weighted by atomic mass is 35.5. The summed E-state index contributed by atoms with van der Waals surface area (Å²) in [5.41, 5.74) is 2.47. The molecule has 0 saturated heterocycles. The van der Waals surface area contributed by atoms with E-state index in [1.54, 1.807) is 0 Å². The predicted octanol–water partition coefficient (Wildman–Crippen LogP) is 3.04. The Labute approximate surface area is 119 Å². The number of hydrogen-bond donors (Lipinski definition) is 2. The number of carboxylic acids is 1. The van der Waals surface area contributed by atoms with E-state index >= 15 is 0 Å². The van der Waals surface area contributed by atoms with Gasteiger partial charge in [0.05, 0.1) is 0 Å². The second-order valence-corrected chi connectivity index (χ2v) is 5.57. The molecule has 1 aromatic rings. The number of carboxylic acid groups (broad SMARTS) is 1. The predicted molar refractivity (Wildman–Crippen MR) is 76.7 cm³/mol. The first-order chi connectivity index (χ1) is 9.11. The minimum atomic E-state index is -0.758. The van der Waals surface area contributed by atoms with Gasteiger partial charge in [-0.15, -0.1) is 0 Å². The molecular weight excluding hydrogens is 262 g/mol. The van der Waals surface area contributed by atoms with Crippen LogP contribution < -0.4 is 5.32 Å². The molecule has 104 valence electrons. The number of fused-ring (bicyclic) bond motifs is 1. The van der Waals surface area contributed by atoms with E-state index in [4.69, 9.17) is 11.6 Å². The van der Waals surface area contributed by atoms with Crippen LogP contribution in [0.1, 0.15) is 37.3 Å². The number of rotatable bonds is 5. The largest absolute Gasteiger partial charge is 0.480 e. The lowest BCUT2D eigenvalue weighted by Gasteiger charge is -2.28. The molecule has 1 aliphatic carbocycles. The van der Waals surface area contributed by atoms with Crippen molar-refractivity contribution in [3.05, 3.63) is 34.3 Å². The highest BCUT2D eigenvalue weighted by Gasteiger charge is 2.25. The van der Waals surface area contributed by atoms with Gasteiger partial charge in [-0.25, -0.2) is 0 Å². The molecule has 0 spiro atoms. The van der Waals surface area contributed by atoms with E-state index in [0.717, 1.165) is 30.7 Å². The first-order valence-electron chi connectivity index (χ1n) is 6.87. The molecule has 19 heavy (non-hydrogen) atoms. The summed E-state index contributed by atoms with van der Waals surface area (Å²) in [6.45, 7) is 2.00. The molecular formula is C15H20ClNO2. The Kier molecular flexibility index (Phi) is 4.83. The van der Waals surface area contributed by atoms with Crippen LogP contribution in [0.3, 0.4) is 0 Å². The first-order valence-corrected chi connectivity index (χ1v) is 7.24. The van der Waals surface area contributed by atoms with Crippen LogP contribution in [0.4, 0.5) is 0 Å². The lowest BCUT2D eigenvalue weighted by Crippen LogP contribution is -2.45. The van der Waals surface area contributed by atoms with Gasteiger partial charge in [-0.3, -0.25) is 4.79 Å². The molecule has 3 nitrogen and oxygen atoms in total. The minimum Gasteiger partial charge on any atom is -0.480 e. The molecule has 0 radical (unpaired) electrons. The Balaban J connectivity index is 2.05. The molecule has 0 fully saturated rings. The van der Waals surface area contributed by atoms with Gasteiger partial charge < -0.3 is 10.4 Å². The third kappa shape index (κ3) is 3.48. The van der Waals surface area contributed by atoms with Gasteiger partial charge in [-0.2, -0.15) is 0 Å². The third-order valence-corrected chi connectivity index (χ3v) is 4.09. The van der Waals surface area contributed by atoms with Crippen LogP contribution in [-0.4, -0.2) is 23.2 Å². The quantitative estimate of drug-likeness (QED) is 0.872. The van der Waals surface area contributed by atoms with Crippen molar-refractivity contribution in [1.29, 1.82) is 0 Å². The number of aryl methyl sites for hydroxylation is 1. The summed E-state index contributed by atoms with van der Waals surface area (Å²) in [7, 11) is 0. The Hall–Kier alpha value is -1.06. The fourth-order valence-electron chi connectivity index (χ4n) is 2.74. The minimum absolute atomic E-state index is 0.208. The van der Waals surface area contributed by atoms with Crippen molar-refractivity contribution in [1.82, 2.24) is 5.32 Å². The van der Waals surface area contributed by atoms with Crippen molar-refractivity contribution in [3.63, 3.8) is 0 Å². The summed E-state index contributed by atoms with van der Waals surface area (Å²) in [5, 5.41) is 13.3. The van der Waals surface area contributed by atoms with Crippen molar-refractivity contribution in [2.75, 3.05) is 0 Å². The maximum atomic E-state index is 11.2. The van der Waals surface area contributed by atoms with Gasteiger partial charge in [0.2, 0.25) is 0 Å². The van der Waals surface area contributed by atoms with Crippen molar-refractivity contribution < 1.29 is 9.90 Å². The fraction of sp³-hybridized carbons (Fsp3) is 0.533. The van der Waals surface area contributed by atoms with Crippen LogP contribution in [0.15, 0.2) is 18.2 Å². The summed E-state index contributed by atoms with van der Waals surface area (Å²) in [6, 6.07) is 5.76. The maximum Gasteiger partial charge on any atom is 0.320 e. The Morgan fingerprint density at radius 1 is 1.58 bits per heavy atom. The summed E-state index contributed by atoms with van der Waals surface area (Å²) in [6.07, 6.45) is 4.30. The second kappa shape index (κ2) is 6.40. The zero-order chi connectivity index (χ0) is 13.8. The highest BCUT2D eigenvalue weighted by Crippen LogP contribution is 2.28. The molecule has 1 aromatic carbocycles. The molecule has 0 aliphatic heterocycles. The molecule has 2 atom stereocenters. The van der Waals surface area contributed by atoms with Crippen molar-refractivity contribution >= 4 is 17.6 Å². The van der Waals surface area contributed by atoms with Gasteiger partial charge in [0.1, 0.15) is 6.04 Å². The Bertz CT molecular complexity index is 461. The number of halogens is 1. The summed E-state index contributed by atoms with van der Waals surface area (Å²) < 4.78 is 0. The number of aliphatic carboxylic acids is 1. The Morgan fingerprint density at radius 2 is 2.37 bits per heavy atom.